The summed E-state index contributed by atoms with van der Waals surface area (Å²) in [5, 5.41) is 23.5. The summed E-state index contributed by atoms with van der Waals surface area (Å²) in [5.41, 5.74) is 0. The summed E-state index contributed by atoms with van der Waals surface area (Å²) in [6.07, 6.45) is 86.0. The van der Waals surface area contributed by atoms with Crippen LogP contribution in [0, 0.1) is 0 Å². The molecule has 1 amide bonds. The van der Waals surface area contributed by atoms with E-state index in [2.05, 4.69) is 19.2 Å². The number of hydrogen-bond donors (Lipinski definition) is 3. The Balaban J connectivity index is 3.34. The van der Waals surface area contributed by atoms with Crippen molar-refractivity contribution < 1.29 is 24.5 Å². The van der Waals surface area contributed by atoms with Gasteiger partial charge in [0, 0.05) is 12.8 Å². The molecule has 0 rings (SSSR count). The van der Waals surface area contributed by atoms with E-state index in [-0.39, 0.29) is 18.5 Å². The molecular formula is C74H147NO5. The summed E-state index contributed by atoms with van der Waals surface area (Å²) in [6.45, 7) is 5.01. The highest BCUT2D eigenvalue weighted by Gasteiger charge is 2.20. The molecule has 0 aromatic carbocycles. The lowest BCUT2D eigenvalue weighted by atomic mass is 10.0. The van der Waals surface area contributed by atoms with Crippen molar-refractivity contribution in [3.05, 3.63) is 0 Å². The lowest BCUT2D eigenvalue weighted by Gasteiger charge is -2.22. The monoisotopic (exact) mass is 1130 g/mol. The molecule has 0 aromatic heterocycles. The number of carbonyl (C=O) groups is 2. The number of esters is 1. The lowest BCUT2D eigenvalue weighted by Crippen LogP contribution is -2.45. The van der Waals surface area contributed by atoms with Crippen molar-refractivity contribution in [3.8, 4) is 0 Å². The molecule has 0 radical (unpaired) electrons. The second-order valence-electron chi connectivity index (χ2n) is 26.0. The van der Waals surface area contributed by atoms with Crippen molar-refractivity contribution in [1.82, 2.24) is 5.32 Å². The van der Waals surface area contributed by atoms with Crippen molar-refractivity contribution in [3.63, 3.8) is 0 Å². The number of amides is 1. The Morgan fingerprint density at radius 3 is 0.762 bits per heavy atom. The summed E-state index contributed by atoms with van der Waals surface area (Å²) >= 11 is 0. The lowest BCUT2D eigenvalue weighted by molar-refractivity contribution is -0.143. The molecule has 478 valence electrons. The maximum atomic E-state index is 12.6. The van der Waals surface area contributed by atoms with Crippen LogP contribution < -0.4 is 5.32 Å². The van der Waals surface area contributed by atoms with E-state index in [1.807, 2.05) is 0 Å². The van der Waals surface area contributed by atoms with E-state index in [0.29, 0.717) is 25.9 Å². The van der Waals surface area contributed by atoms with E-state index in [0.717, 1.165) is 38.5 Å². The van der Waals surface area contributed by atoms with Crippen molar-refractivity contribution in [2.24, 2.45) is 0 Å². The minimum absolute atomic E-state index is 0.0205. The van der Waals surface area contributed by atoms with Gasteiger partial charge in [-0.1, -0.05) is 399 Å². The molecule has 3 N–H and O–H groups in total. The fourth-order valence-corrected chi connectivity index (χ4v) is 12.2. The van der Waals surface area contributed by atoms with Gasteiger partial charge < -0.3 is 20.3 Å². The molecule has 0 saturated heterocycles. The van der Waals surface area contributed by atoms with Crippen LogP contribution in [0.15, 0.2) is 0 Å². The number of aliphatic hydroxyl groups excluding tert-OH is 2. The average molecular weight is 1130 g/mol. The third-order valence-electron chi connectivity index (χ3n) is 17.9. The fourth-order valence-electron chi connectivity index (χ4n) is 12.2. The third-order valence-corrected chi connectivity index (χ3v) is 17.9. The van der Waals surface area contributed by atoms with Crippen LogP contribution in [0.2, 0.25) is 0 Å². The summed E-state index contributed by atoms with van der Waals surface area (Å²) < 4.78 is 5.48. The summed E-state index contributed by atoms with van der Waals surface area (Å²) in [5.74, 6) is -0.00479. The van der Waals surface area contributed by atoms with Gasteiger partial charge in [-0.2, -0.15) is 0 Å². The van der Waals surface area contributed by atoms with E-state index < -0.39 is 12.1 Å². The minimum Gasteiger partial charge on any atom is -0.466 e. The number of rotatable bonds is 71. The molecule has 0 saturated carbocycles. The van der Waals surface area contributed by atoms with Gasteiger partial charge in [0.1, 0.15) is 0 Å². The molecule has 0 aliphatic carbocycles. The zero-order valence-corrected chi connectivity index (χ0v) is 54.9. The molecule has 80 heavy (non-hydrogen) atoms. The normalized spacial score (nSPS) is 12.4. The first-order valence-electron chi connectivity index (χ1n) is 37.3. The maximum absolute atomic E-state index is 12.6. The Morgan fingerprint density at radius 2 is 0.512 bits per heavy atom. The van der Waals surface area contributed by atoms with Gasteiger partial charge in [0.15, 0.2) is 0 Å². The van der Waals surface area contributed by atoms with Gasteiger partial charge >= 0.3 is 5.97 Å². The summed E-state index contributed by atoms with van der Waals surface area (Å²) in [6, 6.07) is -0.539. The molecule has 6 nitrogen and oxygen atoms in total. The number of carbonyl (C=O) groups excluding carboxylic acids is 2. The van der Waals surface area contributed by atoms with Gasteiger partial charge in [0.25, 0.3) is 0 Å². The number of ether oxygens (including phenoxy) is 1. The second-order valence-corrected chi connectivity index (χ2v) is 26.0. The first-order valence-corrected chi connectivity index (χ1v) is 37.3. The molecule has 0 aliphatic heterocycles. The highest BCUT2D eigenvalue weighted by atomic mass is 16.5. The number of hydrogen-bond acceptors (Lipinski definition) is 5. The fraction of sp³-hybridized carbons (Fsp3) is 0.973. The number of unbranched alkanes of at least 4 members (excludes halogenated alkanes) is 60. The van der Waals surface area contributed by atoms with E-state index >= 15 is 0 Å². The Hall–Kier alpha value is -1.14. The van der Waals surface area contributed by atoms with Crippen LogP contribution in [0.3, 0.4) is 0 Å². The Morgan fingerprint density at radius 1 is 0.300 bits per heavy atom. The predicted octanol–water partition coefficient (Wildman–Crippen LogP) is 24.2. The van der Waals surface area contributed by atoms with E-state index in [9.17, 15) is 19.8 Å². The van der Waals surface area contributed by atoms with Crippen LogP contribution in [0.5, 0.6) is 0 Å². The minimum atomic E-state index is -0.662. The summed E-state index contributed by atoms with van der Waals surface area (Å²) in [7, 11) is 0. The SMILES string of the molecule is CCCCCCCCCCCCCCCCCCCCCCCCCC(O)C(CO)NC(=O)CCCCCCCCCCCCCCCCCCCCCCCCCCCCCCCOC(=O)CCCCCCCCCCCCC. The van der Waals surface area contributed by atoms with E-state index in [1.165, 1.54) is 366 Å². The predicted molar refractivity (Wildman–Crippen MR) is 352 cm³/mol. The van der Waals surface area contributed by atoms with Crippen molar-refractivity contribution >= 4 is 11.9 Å². The molecule has 0 bridgehead atoms. The van der Waals surface area contributed by atoms with Crippen LogP contribution in [-0.2, 0) is 14.3 Å². The molecule has 0 spiro atoms. The first-order chi connectivity index (χ1) is 39.5. The van der Waals surface area contributed by atoms with E-state index in [4.69, 9.17) is 4.74 Å². The van der Waals surface area contributed by atoms with Gasteiger partial charge in [-0.3, -0.25) is 9.59 Å². The van der Waals surface area contributed by atoms with Gasteiger partial charge in [0.2, 0.25) is 5.91 Å². The first kappa shape index (κ1) is 78.9. The molecule has 2 unspecified atom stereocenters. The molecular weight excluding hydrogens is 983 g/mol. The van der Waals surface area contributed by atoms with Crippen LogP contribution in [0.1, 0.15) is 438 Å². The summed E-state index contributed by atoms with van der Waals surface area (Å²) in [4.78, 5) is 24.6. The molecule has 6 heteroatoms. The highest BCUT2D eigenvalue weighted by Crippen LogP contribution is 2.20. The van der Waals surface area contributed by atoms with Gasteiger partial charge in [0.05, 0.1) is 25.4 Å². The maximum Gasteiger partial charge on any atom is 0.305 e. The Kier molecular flexibility index (Phi) is 69.3. The Labute approximate surface area is 502 Å². The topological polar surface area (TPSA) is 95.9 Å². The van der Waals surface area contributed by atoms with Gasteiger partial charge in [-0.05, 0) is 25.7 Å². The molecule has 0 aromatic rings. The molecule has 0 aliphatic rings. The molecule has 0 heterocycles. The number of nitrogens with one attached hydrogen (secondary N) is 1. The zero-order valence-electron chi connectivity index (χ0n) is 54.9. The molecule has 2 atom stereocenters. The molecule has 0 fully saturated rings. The van der Waals surface area contributed by atoms with Crippen LogP contribution in [0.4, 0.5) is 0 Å². The quantitative estimate of drug-likeness (QED) is 0.0417. The van der Waals surface area contributed by atoms with Gasteiger partial charge in [-0.15, -0.1) is 0 Å². The largest absolute Gasteiger partial charge is 0.466 e. The van der Waals surface area contributed by atoms with Gasteiger partial charge in [-0.25, -0.2) is 0 Å². The van der Waals surface area contributed by atoms with Crippen molar-refractivity contribution in [1.29, 1.82) is 0 Å². The average Bonchev–Trinajstić information content (AvgIpc) is 3.46. The third kappa shape index (κ3) is 66.0. The standard InChI is InChI=1S/C74H147NO5/c1-3-5-7-9-11-13-15-16-17-18-19-20-28-31-34-37-40-43-47-50-54-58-62-66-72(77)71(70-76)75-73(78)67-63-59-55-51-48-44-41-38-35-32-29-26-24-22-21-23-25-27-30-33-36-39-42-45-49-53-57-61-65-69-80-74(79)68-64-60-56-52-46-14-12-10-8-6-4-2/h71-72,76-77H,3-70H2,1-2H3,(H,75,78). The Bertz CT molecular complexity index is 1160. The number of aliphatic hydroxyl groups is 2. The van der Waals surface area contributed by atoms with Crippen molar-refractivity contribution in [2.45, 2.75) is 450 Å². The highest BCUT2D eigenvalue weighted by molar-refractivity contribution is 5.76. The zero-order chi connectivity index (χ0) is 57.8. The van der Waals surface area contributed by atoms with Crippen molar-refractivity contribution in [2.75, 3.05) is 13.2 Å². The smallest absolute Gasteiger partial charge is 0.305 e. The van der Waals surface area contributed by atoms with Crippen LogP contribution >= 0.6 is 0 Å². The second kappa shape index (κ2) is 70.3. The van der Waals surface area contributed by atoms with Crippen LogP contribution in [0.25, 0.3) is 0 Å². The van der Waals surface area contributed by atoms with Crippen LogP contribution in [-0.4, -0.2) is 47.4 Å². The van der Waals surface area contributed by atoms with E-state index in [1.54, 1.807) is 0 Å².